The van der Waals surface area contributed by atoms with Gasteiger partial charge in [-0.3, -0.25) is 14.0 Å². The van der Waals surface area contributed by atoms with E-state index in [4.69, 9.17) is 0 Å². The first-order valence-electron chi connectivity index (χ1n) is 8.64. The molecule has 2 aromatic heterocycles. The molecule has 132 valence electrons. The molecule has 0 spiro atoms. The van der Waals surface area contributed by atoms with Crippen molar-refractivity contribution >= 4 is 22.9 Å². The number of nitrogens with zero attached hydrogens (tertiary/aromatic N) is 4. The highest BCUT2D eigenvalue weighted by Crippen LogP contribution is 2.33. The number of pyridine rings is 1. The number of anilines is 2. The van der Waals surface area contributed by atoms with Gasteiger partial charge in [0.1, 0.15) is 11.2 Å². The van der Waals surface area contributed by atoms with Crippen molar-refractivity contribution < 1.29 is 4.79 Å². The number of rotatable bonds is 1. The first-order valence-corrected chi connectivity index (χ1v) is 8.64. The molecular weight excluding hydrogens is 328 g/mol. The van der Waals surface area contributed by atoms with Crippen LogP contribution in [0.1, 0.15) is 17.3 Å². The zero-order valence-corrected chi connectivity index (χ0v) is 14.8. The Bertz CT molecular complexity index is 1040. The van der Waals surface area contributed by atoms with Gasteiger partial charge in [-0.25, -0.2) is 4.98 Å². The third kappa shape index (κ3) is 2.63. The normalized spacial score (nSPS) is 17.1. The third-order valence-corrected chi connectivity index (χ3v) is 4.75. The van der Waals surface area contributed by atoms with Gasteiger partial charge in [0.25, 0.3) is 11.5 Å². The Labute approximate surface area is 151 Å². The molecule has 0 N–H and O–H groups in total. The molecule has 1 unspecified atom stereocenters. The van der Waals surface area contributed by atoms with Crippen molar-refractivity contribution in [1.82, 2.24) is 9.38 Å². The summed E-state index contributed by atoms with van der Waals surface area (Å²) in [5, 5.41) is 0. The lowest BCUT2D eigenvalue weighted by Crippen LogP contribution is -2.38. The van der Waals surface area contributed by atoms with Crippen LogP contribution in [0.5, 0.6) is 0 Å². The van der Waals surface area contributed by atoms with Crippen LogP contribution in [0.15, 0.2) is 59.7 Å². The number of hydrogen-bond acceptors (Lipinski definition) is 4. The Morgan fingerprint density at radius 3 is 2.62 bits per heavy atom. The molecule has 3 aromatic rings. The van der Waals surface area contributed by atoms with Gasteiger partial charge < -0.3 is 9.80 Å². The van der Waals surface area contributed by atoms with Crippen molar-refractivity contribution in [3.63, 3.8) is 0 Å². The zero-order chi connectivity index (χ0) is 18.3. The van der Waals surface area contributed by atoms with Crippen molar-refractivity contribution in [2.24, 2.45) is 5.92 Å². The lowest BCUT2D eigenvalue weighted by molar-refractivity contribution is 0.0982. The number of carbonyl (C=O) groups is 1. The molecule has 26 heavy (non-hydrogen) atoms. The Morgan fingerprint density at radius 1 is 1.08 bits per heavy atom. The second kappa shape index (κ2) is 6.29. The molecule has 0 radical (unpaired) electrons. The van der Waals surface area contributed by atoms with E-state index < -0.39 is 0 Å². The minimum Gasteiger partial charge on any atom is -0.373 e. The number of para-hydroxylation sites is 2. The van der Waals surface area contributed by atoms with Gasteiger partial charge in [0.2, 0.25) is 0 Å². The summed E-state index contributed by atoms with van der Waals surface area (Å²) in [6, 6.07) is 13.1. The summed E-state index contributed by atoms with van der Waals surface area (Å²) in [7, 11) is 2.02. The van der Waals surface area contributed by atoms with E-state index >= 15 is 0 Å². The molecule has 1 amide bonds. The SMILES string of the molecule is CC1CN(C)c2ccccc2N(C(=O)c2cnc3ccccn3c2=O)C1. The van der Waals surface area contributed by atoms with Gasteiger partial charge in [-0.15, -0.1) is 0 Å². The van der Waals surface area contributed by atoms with E-state index in [2.05, 4.69) is 16.8 Å². The van der Waals surface area contributed by atoms with Crippen LogP contribution < -0.4 is 15.4 Å². The average molecular weight is 348 g/mol. The van der Waals surface area contributed by atoms with Crippen LogP contribution in [0.3, 0.4) is 0 Å². The molecule has 3 heterocycles. The molecular formula is C20H20N4O2. The Kier molecular flexibility index (Phi) is 3.95. The quantitative estimate of drug-likeness (QED) is 0.678. The number of aromatic nitrogens is 2. The average Bonchev–Trinajstić information content (AvgIpc) is 2.78. The maximum atomic E-state index is 13.3. The number of hydrogen-bond donors (Lipinski definition) is 0. The monoisotopic (exact) mass is 348 g/mol. The van der Waals surface area contributed by atoms with E-state index in [1.54, 1.807) is 23.2 Å². The second-order valence-corrected chi connectivity index (χ2v) is 6.80. The first kappa shape index (κ1) is 16.3. The van der Waals surface area contributed by atoms with Crippen LogP contribution in [-0.2, 0) is 0 Å². The zero-order valence-electron chi connectivity index (χ0n) is 14.8. The van der Waals surface area contributed by atoms with E-state index in [9.17, 15) is 9.59 Å². The Morgan fingerprint density at radius 2 is 1.81 bits per heavy atom. The molecule has 0 bridgehead atoms. The largest absolute Gasteiger partial charge is 0.373 e. The highest BCUT2D eigenvalue weighted by atomic mass is 16.2. The smallest absolute Gasteiger partial charge is 0.270 e. The van der Waals surface area contributed by atoms with Gasteiger partial charge in [-0.05, 0) is 30.2 Å². The van der Waals surface area contributed by atoms with E-state index in [0.29, 0.717) is 12.2 Å². The first-order chi connectivity index (χ1) is 12.6. The molecule has 1 atom stereocenters. The molecule has 6 heteroatoms. The lowest BCUT2D eigenvalue weighted by Gasteiger charge is -2.24. The highest BCUT2D eigenvalue weighted by Gasteiger charge is 2.29. The molecule has 1 aromatic carbocycles. The van der Waals surface area contributed by atoms with Crippen LogP contribution in [0, 0.1) is 5.92 Å². The molecule has 0 saturated carbocycles. The van der Waals surface area contributed by atoms with E-state index in [1.807, 2.05) is 37.4 Å². The maximum absolute atomic E-state index is 13.3. The topological polar surface area (TPSA) is 57.9 Å². The minimum atomic E-state index is -0.344. The molecule has 4 rings (SSSR count). The van der Waals surface area contributed by atoms with E-state index in [0.717, 1.165) is 17.9 Å². The van der Waals surface area contributed by atoms with Gasteiger partial charge in [0.15, 0.2) is 0 Å². The van der Waals surface area contributed by atoms with Gasteiger partial charge in [-0.2, -0.15) is 0 Å². The number of fused-ring (bicyclic) bond motifs is 2. The molecule has 6 nitrogen and oxygen atoms in total. The maximum Gasteiger partial charge on any atom is 0.270 e. The van der Waals surface area contributed by atoms with Crippen molar-refractivity contribution in [2.75, 3.05) is 29.9 Å². The Balaban J connectivity index is 1.84. The van der Waals surface area contributed by atoms with Crippen molar-refractivity contribution in [3.05, 3.63) is 70.8 Å². The van der Waals surface area contributed by atoms with Crippen LogP contribution in [-0.4, -0.2) is 35.4 Å². The summed E-state index contributed by atoms with van der Waals surface area (Å²) in [6.07, 6.45) is 3.02. The van der Waals surface area contributed by atoms with Crippen molar-refractivity contribution in [2.45, 2.75) is 6.92 Å². The van der Waals surface area contributed by atoms with Crippen LogP contribution in [0.25, 0.3) is 5.65 Å². The molecule has 0 saturated heterocycles. The molecule has 0 fully saturated rings. The summed E-state index contributed by atoms with van der Waals surface area (Å²) in [4.78, 5) is 34.2. The van der Waals surface area contributed by atoms with Crippen molar-refractivity contribution in [3.8, 4) is 0 Å². The lowest BCUT2D eigenvalue weighted by atomic mass is 10.1. The van der Waals surface area contributed by atoms with E-state index in [-0.39, 0.29) is 22.9 Å². The second-order valence-electron chi connectivity index (χ2n) is 6.80. The van der Waals surface area contributed by atoms with Crippen LogP contribution in [0.2, 0.25) is 0 Å². The number of carbonyl (C=O) groups excluding carboxylic acids is 1. The molecule has 1 aliphatic heterocycles. The third-order valence-electron chi connectivity index (χ3n) is 4.75. The minimum absolute atomic E-state index is 0.0836. The molecule has 1 aliphatic rings. The summed E-state index contributed by atoms with van der Waals surface area (Å²) in [6.45, 7) is 3.50. The van der Waals surface area contributed by atoms with Crippen molar-refractivity contribution in [1.29, 1.82) is 0 Å². The summed E-state index contributed by atoms with van der Waals surface area (Å²) < 4.78 is 1.41. The summed E-state index contributed by atoms with van der Waals surface area (Å²) >= 11 is 0. The number of benzene rings is 1. The fourth-order valence-corrected chi connectivity index (χ4v) is 3.56. The number of amides is 1. The van der Waals surface area contributed by atoms with Crippen LogP contribution >= 0.6 is 0 Å². The standard InChI is InChI=1S/C20H20N4O2/c1-14-12-22(2)16-7-3-4-8-17(16)24(13-14)20(26)15-11-21-18-9-5-6-10-23(18)19(15)25/h3-11,14H,12-13H2,1-2H3. The van der Waals surface area contributed by atoms with E-state index in [1.165, 1.54) is 10.6 Å². The molecule has 0 aliphatic carbocycles. The predicted octanol–water partition coefficient (Wildman–Crippen LogP) is 2.43. The Hall–Kier alpha value is -3.15. The summed E-state index contributed by atoms with van der Waals surface area (Å²) in [5.74, 6) is -0.0390. The summed E-state index contributed by atoms with van der Waals surface area (Å²) in [5.41, 5.74) is 2.07. The predicted molar refractivity (Wildman–Crippen MR) is 102 cm³/mol. The fourth-order valence-electron chi connectivity index (χ4n) is 3.56. The van der Waals surface area contributed by atoms with Gasteiger partial charge in [0, 0.05) is 32.5 Å². The van der Waals surface area contributed by atoms with Gasteiger partial charge in [-0.1, -0.05) is 25.1 Å². The highest BCUT2D eigenvalue weighted by molar-refractivity contribution is 6.07. The van der Waals surface area contributed by atoms with Gasteiger partial charge >= 0.3 is 0 Å². The van der Waals surface area contributed by atoms with Gasteiger partial charge in [0.05, 0.1) is 11.4 Å². The van der Waals surface area contributed by atoms with Crippen LogP contribution in [0.4, 0.5) is 11.4 Å². The fraction of sp³-hybridized carbons (Fsp3) is 0.250.